The second-order valence-electron chi connectivity index (χ2n) is 4.05. The van der Waals surface area contributed by atoms with E-state index in [4.69, 9.17) is 0 Å². The third-order valence-electron chi connectivity index (χ3n) is 2.60. The Hall–Kier alpha value is -1.53. The van der Waals surface area contributed by atoms with Gasteiger partial charge in [0.2, 0.25) is 11.8 Å². The number of fused-ring (bicyclic) bond motifs is 1. The van der Waals surface area contributed by atoms with Crippen LogP contribution in [0.1, 0.15) is 12.5 Å². The molecule has 6 heteroatoms. The van der Waals surface area contributed by atoms with Gasteiger partial charge in [-0.15, -0.1) is 11.8 Å². The first-order chi connectivity index (χ1) is 8.60. The van der Waals surface area contributed by atoms with Crippen molar-refractivity contribution in [2.24, 2.45) is 0 Å². The zero-order valence-electron chi connectivity index (χ0n) is 10.2. The highest BCUT2D eigenvalue weighted by Crippen LogP contribution is 2.35. The molecule has 1 aromatic carbocycles. The zero-order valence-corrected chi connectivity index (χ0v) is 11.1. The molecule has 3 N–H and O–H groups in total. The van der Waals surface area contributed by atoms with Gasteiger partial charge in [-0.3, -0.25) is 15.0 Å². The third-order valence-corrected chi connectivity index (χ3v) is 3.78. The Kier molecular flexibility index (Phi) is 3.88. The van der Waals surface area contributed by atoms with Gasteiger partial charge in [-0.05, 0) is 24.6 Å². The average molecular weight is 265 g/mol. The summed E-state index contributed by atoms with van der Waals surface area (Å²) in [6.45, 7) is 1.87. The molecule has 18 heavy (non-hydrogen) atoms. The summed E-state index contributed by atoms with van der Waals surface area (Å²) in [7, 11) is 1.64. The summed E-state index contributed by atoms with van der Waals surface area (Å²) in [5.41, 5.74) is 6.76. The van der Waals surface area contributed by atoms with Crippen LogP contribution >= 0.6 is 11.8 Å². The minimum absolute atomic E-state index is 0.00401. The first-order valence-corrected chi connectivity index (χ1v) is 6.54. The normalized spacial score (nSPS) is 17.9. The molecule has 0 aliphatic carbocycles. The number of benzene rings is 1. The fraction of sp³-hybridized carbons (Fsp3) is 0.333. The lowest BCUT2D eigenvalue weighted by Crippen LogP contribution is -2.35. The lowest BCUT2D eigenvalue weighted by molar-refractivity contribution is -0.121. The molecule has 96 valence electrons. The van der Waals surface area contributed by atoms with Gasteiger partial charge in [0.1, 0.15) is 0 Å². The van der Waals surface area contributed by atoms with Crippen LogP contribution in [0.4, 0.5) is 5.69 Å². The molecule has 0 saturated carbocycles. The molecule has 1 aliphatic heterocycles. The second kappa shape index (κ2) is 5.41. The highest BCUT2D eigenvalue weighted by Gasteiger charge is 2.23. The Morgan fingerprint density at radius 2 is 2.28 bits per heavy atom. The summed E-state index contributed by atoms with van der Waals surface area (Å²) >= 11 is 1.53. The fourth-order valence-corrected chi connectivity index (χ4v) is 2.67. The molecule has 1 unspecified atom stereocenters. The van der Waals surface area contributed by atoms with Crippen molar-refractivity contribution >= 4 is 29.3 Å². The topological polar surface area (TPSA) is 70.2 Å². The molecule has 1 aliphatic rings. The van der Waals surface area contributed by atoms with E-state index in [2.05, 4.69) is 16.2 Å². The Bertz CT molecular complexity index is 490. The number of carbonyl (C=O) groups excluding carboxylic acids is 2. The van der Waals surface area contributed by atoms with Crippen molar-refractivity contribution in [2.75, 3.05) is 12.4 Å². The van der Waals surface area contributed by atoms with Crippen LogP contribution in [0.15, 0.2) is 23.1 Å². The van der Waals surface area contributed by atoms with Crippen LogP contribution in [0.2, 0.25) is 0 Å². The third kappa shape index (κ3) is 2.83. The summed E-state index contributed by atoms with van der Waals surface area (Å²) in [4.78, 5) is 24.0. The molecule has 0 aromatic heterocycles. The van der Waals surface area contributed by atoms with Crippen molar-refractivity contribution in [3.63, 3.8) is 0 Å². The van der Waals surface area contributed by atoms with Crippen LogP contribution in [0.3, 0.4) is 0 Å². The van der Waals surface area contributed by atoms with Crippen molar-refractivity contribution in [2.45, 2.75) is 23.5 Å². The predicted octanol–water partition coefficient (Wildman–Crippen LogP) is 0.912. The molecule has 0 radical (unpaired) electrons. The maximum Gasteiger partial charge on any atom is 0.238 e. The van der Waals surface area contributed by atoms with Gasteiger partial charge in [0.05, 0.1) is 17.4 Å². The molecule has 1 aromatic rings. The molecule has 5 nitrogen and oxygen atoms in total. The number of rotatable bonds is 3. The summed E-state index contributed by atoms with van der Waals surface area (Å²) < 4.78 is 0. The van der Waals surface area contributed by atoms with Crippen molar-refractivity contribution < 1.29 is 9.59 Å². The number of hydrogen-bond acceptors (Lipinski definition) is 4. The number of carbonyl (C=O) groups is 2. The molecule has 0 spiro atoms. The number of amides is 2. The largest absolute Gasteiger partial charge is 0.324 e. The minimum Gasteiger partial charge on any atom is -0.324 e. The quantitative estimate of drug-likeness (QED) is 0.711. The lowest BCUT2D eigenvalue weighted by atomic mass is 10.1. The van der Waals surface area contributed by atoms with Gasteiger partial charge in [0, 0.05) is 11.9 Å². The molecule has 0 fully saturated rings. The number of anilines is 1. The minimum atomic E-state index is -0.111. The number of hydrogen-bond donors (Lipinski definition) is 3. The van der Waals surface area contributed by atoms with Crippen molar-refractivity contribution in [3.05, 3.63) is 23.8 Å². The summed E-state index contributed by atoms with van der Waals surface area (Å²) in [5.74, 6) is -0.107. The first-order valence-electron chi connectivity index (χ1n) is 5.66. The van der Waals surface area contributed by atoms with E-state index in [0.717, 1.165) is 16.1 Å². The number of thioether (sulfide) groups is 1. The summed E-state index contributed by atoms with van der Waals surface area (Å²) in [6.07, 6.45) is 0.282. The molecular formula is C12H15N3O2S. The number of nitrogens with one attached hydrogen (secondary N) is 3. The van der Waals surface area contributed by atoms with Crippen molar-refractivity contribution in [3.8, 4) is 0 Å². The predicted molar refractivity (Wildman–Crippen MR) is 71.3 cm³/mol. The van der Waals surface area contributed by atoms with Gasteiger partial charge in [0.25, 0.3) is 0 Å². The van der Waals surface area contributed by atoms with E-state index in [1.54, 1.807) is 7.05 Å². The van der Waals surface area contributed by atoms with E-state index < -0.39 is 0 Å². The van der Waals surface area contributed by atoms with Gasteiger partial charge < -0.3 is 5.32 Å². The highest BCUT2D eigenvalue weighted by atomic mass is 32.2. The van der Waals surface area contributed by atoms with Crippen LogP contribution in [0, 0.1) is 0 Å². The monoisotopic (exact) mass is 265 g/mol. The summed E-state index contributed by atoms with van der Waals surface area (Å²) in [5, 5.41) is 2.77. The summed E-state index contributed by atoms with van der Waals surface area (Å²) in [6, 6.07) is 5.70. The molecular weight excluding hydrogens is 250 g/mol. The molecule has 2 rings (SSSR count). The van der Waals surface area contributed by atoms with Gasteiger partial charge in [-0.25, -0.2) is 5.43 Å². The fourth-order valence-electron chi connectivity index (χ4n) is 1.73. The van der Waals surface area contributed by atoms with Crippen LogP contribution < -0.4 is 16.2 Å². The molecule has 0 saturated heterocycles. The van der Waals surface area contributed by atoms with Crippen molar-refractivity contribution in [1.82, 2.24) is 10.9 Å². The highest BCUT2D eigenvalue weighted by molar-refractivity contribution is 8.00. The Morgan fingerprint density at radius 3 is 3.00 bits per heavy atom. The number of hydrazine groups is 1. The van der Waals surface area contributed by atoms with Crippen LogP contribution in [-0.2, 0) is 16.0 Å². The molecule has 1 atom stereocenters. The van der Waals surface area contributed by atoms with E-state index in [0.29, 0.717) is 0 Å². The average Bonchev–Trinajstić information content (AvgIpc) is 2.31. The maximum absolute atomic E-state index is 11.6. The zero-order chi connectivity index (χ0) is 13.1. The van der Waals surface area contributed by atoms with Gasteiger partial charge >= 0.3 is 0 Å². The van der Waals surface area contributed by atoms with E-state index in [9.17, 15) is 9.59 Å². The Morgan fingerprint density at radius 1 is 1.50 bits per heavy atom. The lowest BCUT2D eigenvalue weighted by Gasteiger charge is -2.21. The van der Waals surface area contributed by atoms with E-state index in [1.165, 1.54) is 11.8 Å². The molecule has 0 bridgehead atoms. The standard InChI is InChI=1S/C12H15N3O2S/c1-7-12(17)14-9-5-8(3-4-10(9)18-7)6-11(16)15-13-2/h3-5,7,13H,6H2,1-2H3,(H,14,17)(H,15,16). The maximum atomic E-state index is 11.6. The van der Waals surface area contributed by atoms with Crippen LogP contribution in [0.25, 0.3) is 0 Å². The van der Waals surface area contributed by atoms with E-state index in [1.807, 2.05) is 25.1 Å². The van der Waals surface area contributed by atoms with Crippen molar-refractivity contribution in [1.29, 1.82) is 0 Å². The molecule has 2 amide bonds. The van der Waals surface area contributed by atoms with Crippen LogP contribution in [0.5, 0.6) is 0 Å². The smallest absolute Gasteiger partial charge is 0.238 e. The van der Waals surface area contributed by atoms with Gasteiger partial charge in [0.15, 0.2) is 0 Å². The Balaban J connectivity index is 2.15. The second-order valence-corrected chi connectivity index (χ2v) is 5.44. The first kappa shape index (κ1) is 12.9. The van der Waals surface area contributed by atoms with Crippen LogP contribution in [-0.4, -0.2) is 24.1 Å². The van der Waals surface area contributed by atoms with E-state index in [-0.39, 0.29) is 23.5 Å². The molecule has 1 heterocycles. The van der Waals surface area contributed by atoms with Gasteiger partial charge in [-0.2, -0.15) is 0 Å². The van der Waals surface area contributed by atoms with Gasteiger partial charge in [-0.1, -0.05) is 6.07 Å². The Labute approximate surface area is 110 Å². The SMILES string of the molecule is CNNC(=O)Cc1ccc2c(c1)NC(=O)C(C)S2. The van der Waals surface area contributed by atoms with E-state index >= 15 is 0 Å².